The zero-order chi connectivity index (χ0) is 27.5. The number of amidine groups is 1. The van der Waals surface area contributed by atoms with Gasteiger partial charge in [0.2, 0.25) is 6.79 Å². The molecular formula is C32H32N2O5S. The summed E-state index contributed by atoms with van der Waals surface area (Å²) >= 11 is 1.44. The number of hydrogen-bond donors (Lipinski definition) is 0. The summed E-state index contributed by atoms with van der Waals surface area (Å²) in [4.78, 5) is 21.3. The van der Waals surface area contributed by atoms with Crippen LogP contribution >= 0.6 is 11.8 Å². The first-order chi connectivity index (χ1) is 19.6. The van der Waals surface area contributed by atoms with Crippen molar-refractivity contribution in [3.8, 4) is 23.0 Å². The number of hydrogen-bond acceptors (Lipinski definition) is 7. The molecule has 8 heteroatoms. The molecule has 2 aliphatic heterocycles. The molecule has 1 saturated heterocycles. The fourth-order valence-electron chi connectivity index (χ4n) is 5.39. The topological polar surface area (TPSA) is 69.6 Å². The molecule has 2 atom stereocenters. The lowest BCUT2D eigenvalue weighted by Gasteiger charge is -2.35. The first-order valence-electron chi connectivity index (χ1n) is 13.7. The summed E-state index contributed by atoms with van der Waals surface area (Å²) in [6, 6.07) is 21.5. The van der Waals surface area contributed by atoms with E-state index >= 15 is 0 Å². The number of amides is 1. The SMILES string of the molecule is COc1cc(/C=C2\SC(=Nc3ccccc3)N([C@H]3CCCC[C@H]3C)C2=O)ccc1OCc1ccc2c(c1)OCO2. The van der Waals surface area contributed by atoms with Gasteiger partial charge in [-0.05, 0) is 84.1 Å². The smallest absolute Gasteiger partial charge is 0.267 e. The highest BCUT2D eigenvalue weighted by Crippen LogP contribution is 2.41. The Morgan fingerprint density at radius 3 is 2.65 bits per heavy atom. The molecule has 7 nitrogen and oxygen atoms in total. The molecule has 0 spiro atoms. The van der Waals surface area contributed by atoms with Gasteiger partial charge in [-0.15, -0.1) is 0 Å². The van der Waals surface area contributed by atoms with E-state index in [2.05, 4.69) is 6.92 Å². The van der Waals surface area contributed by atoms with Gasteiger partial charge in [0, 0.05) is 6.04 Å². The van der Waals surface area contributed by atoms with E-state index in [-0.39, 0.29) is 18.7 Å². The fourth-order valence-corrected chi connectivity index (χ4v) is 6.43. The van der Waals surface area contributed by atoms with Gasteiger partial charge in [0.05, 0.1) is 17.7 Å². The Balaban J connectivity index is 1.24. The standard InChI is InChI=1S/C32H32N2O5S/c1-21-8-6-7-11-25(21)34-31(35)30(40-32(34)33-24-9-4-3-5-10-24)18-22-12-14-26(28(16-22)36-2)37-19-23-13-15-27-29(17-23)39-20-38-27/h3-5,9-10,12-18,21,25H,6-8,11,19-20H2,1-2H3/b30-18-,33-32?/t21-,25+/m1/s1. The van der Waals surface area contributed by atoms with Crippen LogP contribution in [0.4, 0.5) is 5.69 Å². The van der Waals surface area contributed by atoms with Crippen molar-refractivity contribution in [3.63, 3.8) is 0 Å². The highest BCUT2D eigenvalue weighted by atomic mass is 32.2. The van der Waals surface area contributed by atoms with Crippen LogP contribution < -0.4 is 18.9 Å². The second-order valence-electron chi connectivity index (χ2n) is 10.2. The van der Waals surface area contributed by atoms with E-state index in [0.29, 0.717) is 28.9 Å². The fraction of sp³-hybridized carbons (Fsp3) is 0.312. The number of thioether (sulfide) groups is 1. The molecule has 0 N–H and O–H groups in total. The van der Waals surface area contributed by atoms with E-state index < -0.39 is 0 Å². The normalized spacial score (nSPS) is 22.2. The first-order valence-corrected chi connectivity index (χ1v) is 14.5. The van der Waals surface area contributed by atoms with E-state index in [9.17, 15) is 4.79 Å². The molecule has 0 bridgehead atoms. The van der Waals surface area contributed by atoms with Crippen LogP contribution in [0.15, 0.2) is 76.6 Å². The number of methoxy groups -OCH3 is 1. The van der Waals surface area contributed by atoms with Crippen LogP contribution in [0.3, 0.4) is 0 Å². The lowest BCUT2D eigenvalue weighted by Crippen LogP contribution is -2.44. The summed E-state index contributed by atoms with van der Waals surface area (Å²) < 4.78 is 22.6. The molecule has 206 valence electrons. The van der Waals surface area contributed by atoms with Gasteiger partial charge in [0.1, 0.15) is 6.61 Å². The van der Waals surface area contributed by atoms with Crippen molar-refractivity contribution in [3.05, 3.63) is 82.8 Å². The third-order valence-corrected chi connectivity index (χ3v) is 8.52. The Hall–Kier alpha value is -3.91. The molecule has 1 saturated carbocycles. The summed E-state index contributed by atoms with van der Waals surface area (Å²) in [6.45, 7) is 2.84. The second kappa shape index (κ2) is 11.7. The van der Waals surface area contributed by atoms with E-state index in [0.717, 1.165) is 52.7 Å². The Bertz CT molecular complexity index is 1450. The van der Waals surface area contributed by atoms with E-state index in [4.69, 9.17) is 23.9 Å². The molecule has 2 heterocycles. The summed E-state index contributed by atoms with van der Waals surface area (Å²) in [5.74, 6) is 3.13. The van der Waals surface area contributed by atoms with Gasteiger partial charge in [0.25, 0.3) is 5.91 Å². The molecule has 1 aliphatic carbocycles. The summed E-state index contributed by atoms with van der Waals surface area (Å²) in [7, 11) is 1.62. The number of aliphatic imine (C=N–C) groups is 1. The largest absolute Gasteiger partial charge is 0.493 e. The number of benzene rings is 3. The molecular weight excluding hydrogens is 524 g/mol. The Morgan fingerprint density at radius 2 is 1.82 bits per heavy atom. The number of nitrogens with zero attached hydrogens (tertiary/aromatic N) is 2. The predicted molar refractivity (Wildman–Crippen MR) is 157 cm³/mol. The number of para-hydroxylation sites is 1. The second-order valence-corrected chi connectivity index (χ2v) is 11.2. The molecule has 40 heavy (non-hydrogen) atoms. The molecule has 1 amide bonds. The zero-order valence-electron chi connectivity index (χ0n) is 22.7. The molecule has 3 aromatic carbocycles. The lowest BCUT2D eigenvalue weighted by atomic mass is 9.85. The van der Waals surface area contributed by atoms with Crippen molar-refractivity contribution in [2.75, 3.05) is 13.9 Å². The number of rotatable bonds is 7. The van der Waals surface area contributed by atoms with Crippen LogP contribution in [-0.4, -0.2) is 35.9 Å². The van der Waals surface area contributed by atoms with E-state index in [1.807, 2.05) is 77.7 Å². The minimum Gasteiger partial charge on any atom is -0.493 e. The average Bonchev–Trinajstić information content (AvgIpc) is 3.56. The van der Waals surface area contributed by atoms with Crippen LogP contribution in [0, 0.1) is 5.92 Å². The monoisotopic (exact) mass is 556 g/mol. The van der Waals surface area contributed by atoms with E-state index in [1.165, 1.54) is 18.2 Å². The van der Waals surface area contributed by atoms with Crippen molar-refractivity contribution in [2.45, 2.75) is 45.3 Å². The molecule has 0 aromatic heterocycles. The molecule has 2 fully saturated rings. The van der Waals surface area contributed by atoms with Crippen molar-refractivity contribution >= 4 is 34.6 Å². The number of fused-ring (bicyclic) bond motifs is 1. The molecule has 0 unspecified atom stereocenters. The van der Waals surface area contributed by atoms with Gasteiger partial charge in [-0.2, -0.15) is 0 Å². The Kier molecular flexibility index (Phi) is 7.68. The maximum absolute atomic E-state index is 13.8. The highest BCUT2D eigenvalue weighted by molar-refractivity contribution is 8.18. The molecule has 0 radical (unpaired) electrons. The highest BCUT2D eigenvalue weighted by Gasteiger charge is 2.41. The van der Waals surface area contributed by atoms with E-state index in [1.54, 1.807) is 7.11 Å². The van der Waals surface area contributed by atoms with Gasteiger partial charge in [-0.1, -0.05) is 50.1 Å². The number of ether oxygens (including phenoxy) is 4. The molecule has 6 rings (SSSR count). The molecule has 3 aliphatic rings. The third-order valence-electron chi connectivity index (χ3n) is 7.53. The van der Waals surface area contributed by atoms with Gasteiger partial charge in [-0.3, -0.25) is 9.69 Å². The van der Waals surface area contributed by atoms with Gasteiger partial charge >= 0.3 is 0 Å². The maximum Gasteiger partial charge on any atom is 0.267 e. The maximum atomic E-state index is 13.8. The summed E-state index contributed by atoms with van der Waals surface area (Å²) in [5.41, 5.74) is 2.67. The Labute approximate surface area is 238 Å². The minimum absolute atomic E-state index is 0.0144. The minimum atomic E-state index is 0.0144. The quantitative estimate of drug-likeness (QED) is 0.287. The van der Waals surface area contributed by atoms with Crippen molar-refractivity contribution in [1.82, 2.24) is 4.90 Å². The van der Waals surface area contributed by atoms with Crippen molar-refractivity contribution in [2.24, 2.45) is 10.9 Å². The summed E-state index contributed by atoms with van der Waals surface area (Å²) in [5, 5.41) is 0.747. The molecule has 3 aromatic rings. The zero-order valence-corrected chi connectivity index (χ0v) is 23.5. The van der Waals surface area contributed by atoms with Crippen LogP contribution in [-0.2, 0) is 11.4 Å². The number of carbonyl (C=O) groups excluding carboxylic acids is 1. The Morgan fingerprint density at radius 1 is 1.00 bits per heavy atom. The van der Waals surface area contributed by atoms with Crippen molar-refractivity contribution < 1.29 is 23.7 Å². The number of carbonyl (C=O) groups is 1. The predicted octanol–water partition coefficient (Wildman–Crippen LogP) is 7.19. The van der Waals surface area contributed by atoms with Crippen LogP contribution in [0.2, 0.25) is 0 Å². The van der Waals surface area contributed by atoms with Crippen molar-refractivity contribution in [1.29, 1.82) is 0 Å². The third kappa shape index (κ3) is 5.54. The lowest BCUT2D eigenvalue weighted by molar-refractivity contribution is -0.124. The van der Waals surface area contributed by atoms with Crippen LogP contribution in [0.1, 0.15) is 43.7 Å². The average molecular weight is 557 g/mol. The van der Waals surface area contributed by atoms with Gasteiger partial charge in [-0.25, -0.2) is 4.99 Å². The first kappa shape index (κ1) is 26.3. The van der Waals surface area contributed by atoms with Crippen LogP contribution in [0.25, 0.3) is 6.08 Å². The van der Waals surface area contributed by atoms with Gasteiger partial charge in [0.15, 0.2) is 28.2 Å². The summed E-state index contributed by atoms with van der Waals surface area (Å²) in [6.07, 6.45) is 6.39. The van der Waals surface area contributed by atoms with Gasteiger partial charge < -0.3 is 18.9 Å². The van der Waals surface area contributed by atoms with Crippen LogP contribution in [0.5, 0.6) is 23.0 Å².